The van der Waals surface area contributed by atoms with Crippen LogP contribution in [-0.2, 0) is 11.8 Å². The highest BCUT2D eigenvalue weighted by atomic mass is 32.1. The predicted octanol–water partition coefficient (Wildman–Crippen LogP) is 1.41. The maximum atomic E-state index is 12.8. The average molecular weight is 333 g/mol. The van der Waals surface area contributed by atoms with Gasteiger partial charge in [-0.15, -0.1) is 11.3 Å². The second-order valence-corrected chi connectivity index (χ2v) is 6.78. The Balaban J connectivity index is 1.79. The summed E-state index contributed by atoms with van der Waals surface area (Å²) < 4.78 is 1.70. The third kappa shape index (κ3) is 3.42. The summed E-state index contributed by atoms with van der Waals surface area (Å²) in [5.74, 6) is -0.432. The molecule has 0 bridgehead atoms. The van der Waals surface area contributed by atoms with Crippen LogP contribution in [0.2, 0.25) is 0 Å². The molecule has 3 rings (SSSR count). The molecule has 1 saturated heterocycles. The lowest BCUT2D eigenvalue weighted by Crippen LogP contribution is -2.45. The molecule has 2 aromatic rings. The molecule has 3 heterocycles. The van der Waals surface area contributed by atoms with Crippen LogP contribution in [0.1, 0.15) is 35.4 Å². The SMILES string of the molecule is Cn1cc(-c2ncc(C(=O)N3CCCCC3CC(N)=O)s2)cn1. The zero-order valence-electron chi connectivity index (χ0n) is 12.9. The number of hydrogen-bond acceptors (Lipinski definition) is 5. The van der Waals surface area contributed by atoms with E-state index in [4.69, 9.17) is 5.73 Å². The molecule has 1 fully saturated rings. The van der Waals surface area contributed by atoms with Crippen LogP contribution >= 0.6 is 11.3 Å². The molecule has 2 aromatic heterocycles. The molecule has 7 nitrogen and oxygen atoms in total. The van der Waals surface area contributed by atoms with E-state index in [1.54, 1.807) is 22.0 Å². The summed E-state index contributed by atoms with van der Waals surface area (Å²) in [7, 11) is 1.84. The topological polar surface area (TPSA) is 94.1 Å². The lowest BCUT2D eigenvalue weighted by Gasteiger charge is -2.34. The Morgan fingerprint density at radius 2 is 2.22 bits per heavy atom. The molecule has 1 aliphatic heterocycles. The van der Waals surface area contributed by atoms with Crippen LogP contribution < -0.4 is 5.73 Å². The summed E-state index contributed by atoms with van der Waals surface area (Å²) >= 11 is 1.35. The second kappa shape index (κ2) is 6.49. The van der Waals surface area contributed by atoms with Crippen LogP contribution in [-0.4, -0.2) is 44.1 Å². The number of piperidine rings is 1. The fraction of sp³-hybridized carbons (Fsp3) is 0.467. The van der Waals surface area contributed by atoms with Crippen molar-refractivity contribution >= 4 is 23.2 Å². The summed E-state index contributed by atoms with van der Waals surface area (Å²) in [6.45, 7) is 0.664. The molecule has 1 aliphatic rings. The number of carbonyl (C=O) groups excluding carboxylic acids is 2. The molecule has 23 heavy (non-hydrogen) atoms. The fourth-order valence-corrected chi connectivity index (χ4v) is 3.74. The van der Waals surface area contributed by atoms with Crippen molar-refractivity contribution in [3.8, 4) is 10.6 Å². The first-order chi connectivity index (χ1) is 11.0. The largest absolute Gasteiger partial charge is 0.370 e. The van der Waals surface area contributed by atoms with Crippen molar-refractivity contribution in [3.05, 3.63) is 23.5 Å². The Morgan fingerprint density at radius 1 is 1.39 bits per heavy atom. The van der Waals surface area contributed by atoms with E-state index in [-0.39, 0.29) is 24.3 Å². The predicted molar refractivity (Wildman–Crippen MR) is 86.8 cm³/mol. The summed E-state index contributed by atoms with van der Waals surface area (Å²) in [6, 6.07) is -0.0994. The van der Waals surface area contributed by atoms with E-state index in [0.29, 0.717) is 11.4 Å². The molecule has 0 aliphatic carbocycles. The number of amides is 2. The van der Waals surface area contributed by atoms with Crippen LogP contribution in [0.3, 0.4) is 0 Å². The van der Waals surface area contributed by atoms with Crippen molar-refractivity contribution < 1.29 is 9.59 Å². The smallest absolute Gasteiger partial charge is 0.265 e. The van der Waals surface area contributed by atoms with Crippen LogP contribution in [0.5, 0.6) is 0 Å². The van der Waals surface area contributed by atoms with E-state index in [0.717, 1.165) is 29.8 Å². The number of carbonyl (C=O) groups is 2. The van der Waals surface area contributed by atoms with Crippen LogP contribution in [0, 0.1) is 0 Å². The van der Waals surface area contributed by atoms with E-state index in [1.807, 2.05) is 13.2 Å². The van der Waals surface area contributed by atoms with Crippen molar-refractivity contribution in [2.75, 3.05) is 6.54 Å². The number of nitrogens with zero attached hydrogens (tertiary/aromatic N) is 4. The molecule has 2 N–H and O–H groups in total. The van der Waals surface area contributed by atoms with Crippen molar-refractivity contribution in [1.29, 1.82) is 0 Å². The minimum atomic E-state index is -0.366. The summed E-state index contributed by atoms with van der Waals surface area (Å²) in [6.07, 6.45) is 8.21. The summed E-state index contributed by atoms with van der Waals surface area (Å²) in [5.41, 5.74) is 6.20. The van der Waals surface area contributed by atoms with E-state index in [9.17, 15) is 9.59 Å². The molecule has 0 aromatic carbocycles. The van der Waals surface area contributed by atoms with Gasteiger partial charge in [-0.05, 0) is 19.3 Å². The van der Waals surface area contributed by atoms with E-state index < -0.39 is 0 Å². The second-order valence-electron chi connectivity index (χ2n) is 5.75. The molecular formula is C15H19N5O2S. The van der Waals surface area contributed by atoms with Gasteiger partial charge in [0.2, 0.25) is 5.91 Å². The molecule has 0 spiro atoms. The van der Waals surface area contributed by atoms with Gasteiger partial charge in [0.15, 0.2) is 0 Å². The van der Waals surface area contributed by atoms with E-state index >= 15 is 0 Å². The molecule has 0 radical (unpaired) electrons. The first kappa shape index (κ1) is 15.7. The monoisotopic (exact) mass is 333 g/mol. The lowest BCUT2D eigenvalue weighted by atomic mass is 9.99. The van der Waals surface area contributed by atoms with Crippen molar-refractivity contribution in [2.45, 2.75) is 31.7 Å². The van der Waals surface area contributed by atoms with Gasteiger partial charge in [0.1, 0.15) is 9.88 Å². The number of aromatic nitrogens is 3. The molecule has 122 valence electrons. The van der Waals surface area contributed by atoms with E-state index in [2.05, 4.69) is 10.1 Å². The first-order valence-corrected chi connectivity index (χ1v) is 8.40. The number of hydrogen-bond donors (Lipinski definition) is 1. The molecule has 0 saturated carbocycles. The highest BCUT2D eigenvalue weighted by Gasteiger charge is 2.29. The minimum Gasteiger partial charge on any atom is -0.370 e. The number of nitrogens with two attached hydrogens (primary N) is 1. The molecule has 1 unspecified atom stereocenters. The van der Waals surface area contributed by atoms with Gasteiger partial charge in [-0.1, -0.05) is 0 Å². The number of aryl methyl sites for hydroxylation is 1. The van der Waals surface area contributed by atoms with Crippen LogP contribution in [0.4, 0.5) is 0 Å². The normalized spacial score (nSPS) is 18.1. The lowest BCUT2D eigenvalue weighted by molar-refractivity contribution is -0.119. The fourth-order valence-electron chi connectivity index (χ4n) is 2.89. The molecular weight excluding hydrogens is 314 g/mol. The minimum absolute atomic E-state index is 0.0661. The average Bonchev–Trinajstić information content (AvgIpc) is 3.15. The Bertz CT molecular complexity index is 723. The highest BCUT2D eigenvalue weighted by Crippen LogP contribution is 2.28. The first-order valence-electron chi connectivity index (χ1n) is 7.58. The molecule has 8 heteroatoms. The quantitative estimate of drug-likeness (QED) is 0.915. The van der Waals surface area contributed by atoms with Gasteiger partial charge in [-0.2, -0.15) is 5.10 Å². The third-order valence-corrected chi connectivity index (χ3v) is 5.03. The van der Waals surface area contributed by atoms with Gasteiger partial charge in [0.25, 0.3) is 5.91 Å². The Morgan fingerprint density at radius 3 is 2.91 bits per heavy atom. The van der Waals surface area contributed by atoms with E-state index in [1.165, 1.54) is 11.3 Å². The van der Waals surface area contributed by atoms with Gasteiger partial charge in [0, 0.05) is 37.8 Å². The summed E-state index contributed by atoms with van der Waals surface area (Å²) in [5, 5.41) is 4.89. The van der Waals surface area contributed by atoms with Gasteiger partial charge in [-0.3, -0.25) is 14.3 Å². The Hall–Kier alpha value is -2.22. The Kier molecular flexibility index (Phi) is 4.42. The van der Waals surface area contributed by atoms with Gasteiger partial charge in [-0.25, -0.2) is 4.98 Å². The maximum Gasteiger partial charge on any atom is 0.265 e. The van der Waals surface area contributed by atoms with Crippen LogP contribution in [0.15, 0.2) is 18.6 Å². The number of likely N-dealkylation sites (tertiary alicyclic amines) is 1. The zero-order valence-corrected chi connectivity index (χ0v) is 13.8. The van der Waals surface area contributed by atoms with Gasteiger partial charge >= 0.3 is 0 Å². The Labute approximate surface area is 138 Å². The molecule has 1 atom stereocenters. The third-order valence-electron chi connectivity index (χ3n) is 3.99. The van der Waals surface area contributed by atoms with Crippen molar-refractivity contribution in [3.63, 3.8) is 0 Å². The van der Waals surface area contributed by atoms with Crippen molar-refractivity contribution in [1.82, 2.24) is 19.7 Å². The van der Waals surface area contributed by atoms with Gasteiger partial charge < -0.3 is 10.6 Å². The maximum absolute atomic E-state index is 12.8. The number of thiazole rings is 1. The zero-order chi connectivity index (χ0) is 16.4. The summed E-state index contributed by atoms with van der Waals surface area (Å²) in [4.78, 5) is 30.7. The number of primary amides is 1. The highest BCUT2D eigenvalue weighted by molar-refractivity contribution is 7.16. The van der Waals surface area contributed by atoms with Crippen LogP contribution in [0.25, 0.3) is 10.6 Å². The molecule has 2 amide bonds. The van der Waals surface area contributed by atoms with Gasteiger partial charge in [0.05, 0.1) is 12.4 Å². The number of rotatable bonds is 4. The van der Waals surface area contributed by atoms with Crippen molar-refractivity contribution in [2.24, 2.45) is 12.8 Å². The standard InChI is InChI=1S/C15H19N5O2S/c1-19-9-10(7-18-19)14-17-8-12(23-14)15(22)20-5-3-2-4-11(20)6-13(16)21/h7-9,11H,2-6H2,1H3,(H2,16,21).